The van der Waals surface area contributed by atoms with Crippen LogP contribution in [0.25, 0.3) is 0 Å². The van der Waals surface area contributed by atoms with E-state index in [-0.39, 0.29) is 36.1 Å². The third-order valence-electron chi connectivity index (χ3n) is 5.22. The molecule has 2 aromatic carbocycles. The maximum absolute atomic E-state index is 12.8. The fraction of sp³-hybridized carbons (Fsp3) is 0.348. The van der Waals surface area contributed by atoms with E-state index in [0.29, 0.717) is 25.9 Å². The number of carbonyl (C=O) groups is 3. The molecule has 0 bridgehead atoms. The molecular formula is C23H27N3O3. The van der Waals surface area contributed by atoms with Crippen LogP contribution in [-0.2, 0) is 14.4 Å². The Morgan fingerprint density at radius 1 is 0.966 bits per heavy atom. The summed E-state index contributed by atoms with van der Waals surface area (Å²) in [5, 5.41) is 5.81. The van der Waals surface area contributed by atoms with Gasteiger partial charge in [-0.3, -0.25) is 14.4 Å². The summed E-state index contributed by atoms with van der Waals surface area (Å²) in [5.74, 6) is -0.263. The molecule has 1 aliphatic heterocycles. The minimum absolute atomic E-state index is 0.00343. The van der Waals surface area contributed by atoms with Gasteiger partial charge in [0.15, 0.2) is 0 Å². The molecule has 0 aliphatic carbocycles. The highest BCUT2D eigenvalue weighted by Crippen LogP contribution is 2.23. The van der Waals surface area contributed by atoms with E-state index in [1.165, 1.54) is 6.92 Å². The topological polar surface area (TPSA) is 78.5 Å². The van der Waals surface area contributed by atoms with Crippen molar-refractivity contribution in [1.82, 2.24) is 10.2 Å². The van der Waals surface area contributed by atoms with Gasteiger partial charge >= 0.3 is 0 Å². The van der Waals surface area contributed by atoms with Gasteiger partial charge in [0, 0.05) is 31.6 Å². The van der Waals surface area contributed by atoms with Crippen LogP contribution in [0.2, 0.25) is 0 Å². The van der Waals surface area contributed by atoms with Crippen molar-refractivity contribution in [1.29, 1.82) is 0 Å². The van der Waals surface area contributed by atoms with Crippen molar-refractivity contribution in [3.63, 3.8) is 0 Å². The monoisotopic (exact) mass is 393 g/mol. The average molecular weight is 393 g/mol. The van der Waals surface area contributed by atoms with Crippen molar-refractivity contribution in [3.05, 3.63) is 66.2 Å². The summed E-state index contributed by atoms with van der Waals surface area (Å²) < 4.78 is 0. The van der Waals surface area contributed by atoms with Crippen LogP contribution in [0, 0.1) is 5.92 Å². The number of rotatable bonds is 6. The molecule has 1 heterocycles. The molecule has 3 amide bonds. The molecule has 2 N–H and O–H groups in total. The van der Waals surface area contributed by atoms with Gasteiger partial charge in [0.05, 0.1) is 12.5 Å². The van der Waals surface area contributed by atoms with Crippen molar-refractivity contribution in [2.45, 2.75) is 32.2 Å². The quantitative estimate of drug-likeness (QED) is 0.791. The second kappa shape index (κ2) is 9.87. The van der Waals surface area contributed by atoms with Crippen LogP contribution in [0.15, 0.2) is 60.7 Å². The van der Waals surface area contributed by atoms with Gasteiger partial charge in [-0.2, -0.15) is 0 Å². The van der Waals surface area contributed by atoms with E-state index in [4.69, 9.17) is 0 Å². The van der Waals surface area contributed by atoms with Crippen molar-refractivity contribution in [2.75, 3.05) is 18.4 Å². The third kappa shape index (κ3) is 5.91. The molecule has 0 spiro atoms. The van der Waals surface area contributed by atoms with Crippen molar-refractivity contribution >= 4 is 23.4 Å². The molecule has 1 saturated heterocycles. The number of anilines is 1. The lowest BCUT2D eigenvalue weighted by Gasteiger charge is -2.32. The summed E-state index contributed by atoms with van der Waals surface area (Å²) in [6.45, 7) is 2.55. The zero-order valence-corrected chi connectivity index (χ0v) is 16.6. The zero-order valence-electron chi connectivity index (χ0n) is 16.6. The fourth-order valence-electron chi connectivity index (χ4n) is 3.64. The number of nitrogens with zero attached hydrogens (tertiary/aromatic N) is 1. The second-order valence-corrected chi connectivity index (χ2v) is 7.38. The van der Waals surface area contributed by atoms with Gasteiger partial charge < -0.3 is 15.5 Å². The predicted molar refractivity (Wildman–Crippen MR) is 112 cm³/mol. The Morgan fingerprint density at radius 3 is 2.14 bits per heavy atom. The first-order valence-corrected chi connectivity index (χ1v) is 9.98. The summed E-state index contributed by atoms with van der Waals surface area (Å²) in [6.07, 6.45) is 1.49. The molecule has 0 saturated carbocycles. The number of para-hydroxylation sites is 1. The predicted octanol–water partition coefficient (Wildman–Crippen LogP) is 3.13. The van der Waals surface area contributed by atoms with Gasteiger partial charge in [-0.15, -0.1) is 0 Å². The highest BCUT2D eigenvalue weighted by atomic mass is 16.2. The minimum atomic E-state index is -0.347. The summed E-state index contributed by atoms with van der Waals surface area (Å²) in [4.78, 5) is 38.6. The van der Waals surface area contributed by atoms with Crippen molar-refractivity contribution in [2.24, 2.45) is 5.92 Å². The highest BCUT2D eigenvalue weighted by Gasteiger charge is 2.29. The van der Waals surface area contributed by atoms with E-state index in [1.54, 1.807) is 4.90 Å². The molecule has 3 rings (SSSR count). The molecule has 6 heteroatoms. The fourth-order valence-corrected chi connectivity index (χ4v) is 3.64. The number of likely N-dealkylation sites (tertiary alicyclic amines) is 1. The van der Waals surface area contributed by atoms with E-state index in [9.17, 15) is 14.4 Å². The first-order chi connectivity index (χ1) is 14.0. The van der Waals surface area contributed by atoms with E-state index in [0.717, 1.165) is 11.3 Å². The van der Waals surface area contributed by atoms with Crippen LogP contribution < -0.4 is 10.6 Å². The Bertz CT molecular complexity index is 831. The van der Waals surface area contributed by atoms with Gasteiger partial charge in [-0.05, 0) is 30.5 Å². The lowest BCUT2D eigenvalue weighted by atomic mass is 9.95. The molecule has 1 fully saturated rings. The molecule has 0 radical (unpaired) electrons. The number of piperidine rings is 1. The van der Waals surface area contributed by atoms with Crippen molar-refractivity contribution < 1.29 is 14.4 Å². The van der Waals surface area contributed by atoms with Crippen LogP contribution in [0.5, 0.6) is 0 Å². The number of benzene rings is 2. The third-order valence-corrected chi connectivity index (χ3v) is 5.22. The molecule has 0 unspecified atom stereocenters. The number of nitrogens with one attached hydrogen (secondary N) is 2. The van der Waals surface area contributed by atoms with E-state index < -0.39 is 0 Å². The number of hydrogen-bond acceptors (Lipinski definition) is 3. The van der Waals surface area contributed by atoms with Crippen LogP contribution in [0.1, 0.15) is 37.8 Å². The molecule has 6 nitrogen and oxygen atoms in total. The maximum Gasteiger partial charge on any atom is 0.227 e. The average Bonchev–Trinajstić information content (AvgIpc) is 2.74. The van der Waals surface area contributed by atoms with Gasteiger partial charge in [0.2, 0.25) is 17.7 Å². The van der Waals surface area contributed by atoms with Crippen LogP contribution in [0.3, 0.4) is 0 Å². The van der Waals surface area contributed by atoms with Gasteiger partial charge in [0.1, 0.15) is 0 Å². The van der Waals surface area contributed by atoms with Crippen LogP contribution in [0.4, 0.5) is 5.69 Å². The Morgan fingerprint density at radius 2 is 1.55 bits per heavy atom. The van der Waals surface area contributed by atoms with E-state index in [2.05, 4.69) is 10.6 Å². The number of amides is 3. The first kappa shape index (κ1) is 20.6. The molecular weight excluding hydrogens is 366 g/mol. The molecule has 152 valence electrons. The molecule has 2 aromatic rings. The Kier molecular flexibility index (Phi) is 7.00. The largest absolute Gasteiger partial charge is 0.349 e. The van der Waals surface area contributed by atoms with Gasteiger partial charge in [-0.25, -0.2) is 0 Å². The summed E-state index contributed by atoms with van der Waals surface area (Å²) in [7, 11) is 0. The van der Waals surface area contributed by atoms with Crippen molar-refractivity contribution in [3.8, 4) is 0 Å². The Labute approximate surface area is 171 Å². The Hall–Kier alpha value is -3.15. The summed E-state index contributed by atoms with van der Waals surface area (Å²) in [6, 6.07) is 18.6. The second-order valence-electron chi connectivity index (χ2n) is 7.38. The lowest BCUT2D eigenvalue weighted by Crippen LogP contribution is -2.43. The smallest absolute Gasteiger partial charge is 0.227 e. The highest BCUT2D eigenvalue weighted by molar-refractivity contribution is 5.92. The molecule has 0 aromatic heterocycles. The Balaban J connectivity index is 1.53. The summed E-state index contributed by atoms with van der Waals surface area (Å²) >= 11 is 0. The zero-order chi connectivity index (χ0) is 20.6. The minimum Gasteiger partial charge on any atom is -0.349 e. The molecule has 1 aliphatic rings. The molecule has 29 heavy (non-hydrogen) atoms. The first-order valence-electron chi connectivity index (χ1n) is 9.98. The number of carbonyl (C=O) groups excluding carboxylic acids is 3. The SMILES string of the molecule is CC(=O)N[C@H](CC(=O)N1CCC(C(=O)Nc2ccccc2)CC1)c1ccccc1. The van der Waals surface area contributed by atoms with Crippen LogP contribution in [-0.4, -0.2) is 35.7 Å². The van der Waals surface area contributed by atoms with Crippen LogP contribution >= 0.6 is 0 Å². The van der Waals surface area contributed by atoms with Gasteiger partial charge in [0.25, 0.3) is 0 Å². The van der Waals surface area contributed by atoms with E-state index >= 15 is 0 Å². The lowest BCUT2D eigenvalue weighted by molar-refractivity contribution is -0.135. The standard InChI is InChI=1S/C23H27N3O3/c1-17(27)24-21(18-8-4-2-5-9-18)16-22(28)26-14-12-19(13-15-26)23(29)25-20-10-6-3-7-11-20/h2-11,19,21H,12-16H2,1H3,(H,24,27)(H,25,29)/t21-/m1/s1. The maximum atomic E-state index is 12.8. The van der Waals surface area contributed by atoms with Gasteiger partial charge in [-0.1, -0.05) is 48.5 Å². The normalized spacial score (nSPS) is 15.4. The summed E-state index contributed by atoms with van der Waals surface area (Å²) in [5.41, 5.74) is 1.70. The number of hydrogen-bond donors (Lipinski definition) is 2. The molecule has 1 atom stereocenters. The van der Waals surface area contributed by atoms with E-state index in [1.807, 2.05) is 60.7 Å².